The van der Waals surface area contributed by atoms with E-state index in [0.29, 0.717) is 0 Å². The van der Waals surface area contributed by atoms with Crippen LogP contribution < -0.4 is 10.0 Å². The summed E-state index contributed by atoms with van der Waals surface area (Å²) in [7, 11) is 0. The van der Waals surface area contributed by atoms with Gasteiger partial charge in [-0.1, -0.05) is 42.5 Å². The van der Waals surface area contributed by atoms with E-state index in [1.54, 1.807) is 0 Å². The molecule has 5 nitrogen and oxygen atoms in total. The third-order valence-electron chi connectivity index (χ3n) is 4.18. The molecule has 1 amide bonds. The van der Waals surface area contributed by atoms with E-state index in [0.717, 1.165) is 24.0 Å². The molecule has 1 aromatic rings. The zero-order chi connectivity index (χ0) is 18.7. The van der Waals surface area contributed by atoms with Gasteiger partial charge in [-0.3, -0.25) is 0 Å². The Labute approximate surface area is 153 Å². The average molecular weight is 365 g/mol. The number of carbonyl (C=O) groups is 1. The van der Waals surface area contributed by atoms with Gasteiger partial charge in [-0.05, 0) is 46.1 Å². The smallest absolute Gasteiger partial charge is 0.407 e. The first kappa shape index (κ1) is 19.8. The van der Waals surface area contributed by atoms with Crippen LogP contribution in [-0.4, -0.2) is 27.0 Å². The average Bonchev–Trinajstić information content (AvgIpc) is 3.30. The summed E-state index contributed by atoms with van der Waals surface area (Å²) in [6.07, 6.45) is 1.15. The molecule has 138 valence electrons. The Bertz CT molecular complexity index is 609. The van der Waals surface area contributed by atoms with Gasteiger partial charge in [0.15, 0.2) is 0 Å². The number of hydrogen-bond donors (Lipinski definition) is 2. The van der Waals surface area contributed by atoms with Crippen LogP contribution >= 0.6 is 0 Å². The lowest BCUT2D eigenvalue weighted by Crippen LogP contribution is -2.56. The van der Waals surface area contributed by atoms with Crippen LogP contribution in [0, 0.1) is 0 Å². The summed E-state index contributed by atoms with van der Waals surface area (Å²) in [4.78, 5) is 12.2. The van der Waals surface area contributed by atoms with Crippen molar-refractivity contribution in [3.8, 4) is 0 Å². The lowest BCUT2D eigenvalue weighted by Gasteiger charge is -2.33. The van der Waals surface area contributed by atoms with E-state index in [1.807, 2.05) is 58.0 Å². The van der Waals surface area contributed by atoms with Crippen molar-refractivity contribution in [3.63, 3.8) is 0 Å². The second kappa shape index (κ2) is 7.81. The van der Waals surface area contributed by atoms with Crippen molar-refractivity contribution in [1.29, 1.82) is 0 Å². The summed E-state index contributed by atoms with van der Waals surface area (Å²) in [5, 5.41) is 2.96. The van der Waals surface area contributed by atoms with E-state index in [1.165, 1.54) is 0 Å². The van der Waals surface area contributed by atoms with Gasteiger partial charge in [-0.2, -0.15) is 0 Å². The summed E-state index contributed by atoms with van der Waals surface area (Å²) >= 11 is -1.25. The van der Waals surface area contributed by atoms with E-state index in [9.17, 15) is 9.35 Å². The topological polar surface area (TPSA) is 73.4 Å². The molecule has 0 saturated heterocycles. The molecule has 0 heterocycles. The molecule has 2 N–H and O–H groups in total. The molecule has 1 fully saturated rings. The Hall–Kier alpha value is -1.50. The minimum atomic E-state index is -1.25. The molecule has 6 heteroatoms. The highest BCUT2D eigenvalue weighted by Gasteiger charge is 2.53. The van der Waals surface area contributed by atoms with Gasteiger partial charge in [-0.15, -0.1) is 4.72 Å². The Morgan fingerprint density at radius 1 is 1.36 bits per heavy atom. The number of nitrogens with one attached hydrogen (secondary N) is 2. The fourth-order valence-electron chi connectivity index (χ4n) is 2.55. The second-order valence-corrected chi connectivity index (χ2v) is 9.62. The van der Waals surface area contributed by atoms with Gasteiger partial charge in [0.25, 0.3) is 0 Å². The van der Waals surface area contributed by atoms with Gasteiger partial charge in [0.05, 0.1) is 11.6 Å². The van der Waals surface area contributed by atoms with Crippen LogP contribution in [0.25, 0.3) is 0 Å². The first-order valence-corrected chi connectivity index (χ1v) is 9.61. The van der Waals surface area contributed by atoms with Crippen molar-refractivity contribution in [2.45, 2.75) is 63.5 Å². The van der Waals surface area contributed by atoms with Crippen molar-refractivity contribution >= 4 is 17.5 Å². The molecule has 0 unspecified atom stereocenters. The molecular weight excluding hydrogens is 336 g/mol. The molecule has 0 bridgehead atoms. The highest BCUT2D eigenvalue weighted by Crippen LogP contribution is 2.41. The Balaban J connectivity index is 1.96. The van der Waals surface area contributed by atoms with Crippen molar-refractivity contribution < 1.29 is 14.1 Å². The summed E-state index contributed by atoms with van der Waals surface area (Å²) in [5.74, 6) is 0. The Morgan fingerprint density at radius 3 is 2.44 bits per heavy atom. The quantitative estimate of drug-likeness (QED) is 0.574. The van der Waals surface area contributed by atoms with E-state index in [2.05, 4.69) is 16.6 Å². The zero-order valence-electron chi connectivity index (χ0n) is 15.4. The number of rotatable bonds is 7. The van der Waals surface area contributed by atoms with Gasteiger partial charge < -0.3 is 14.6 Å². The standard InChI is InChI=1S/C19H28N2O3S/c1-14(2)16(21-25(23)18(3,4)5)19(11-12-19)20-17(22)24-13-15-9-7-6-8-10-15/h6-10,16,21H,1,11-13H2,2-5H3,(H,20,22)/t16-,25-/m1/s1. The van der Waals surface area contributed by atoms with Crippen LogP contribution in [0.3, 0.4) is 0 Å². The number of carbonyl (C=O) groups excluding carboxylic acids is 1. The van der Waals surface area contributed by atoms with Crippen LogP contribution in [0.15, 0.2) is 42.5 Å². The monoisotopic (exact) mass is 364 g/mol. The summed E-state index contributed by atoms with van der Waals surface area (Å²) in [6, 6.07) is 9.29. The molecule has 1 aromatic carbocycles. The molecule has 2 rings (SSSR count). The molecule has 1 saturated carbocycles. The highest BCUT2D eigenvalue weighted by molar-refractivity contribution is 7.90. The van der Waals surface area contributed by atoms with Crippen LogP contribution in [0.4, 0.5) is 4.79 Å². The maximum Gasteiger partial charge on any atom is 0.407 e. The predicted octanol–water partition coefficient (Wildman–Crippen LogP) is 3.44. The molecule has 0 radical (unpaired) electrons. The summed E-state index contributed by atoms with van der Waals surface area (Å²) in [5.41, 5.74) is 1.31. The normalized spacial score (nSPS) is 18.1. The zero-order valence-corrected chi connectivity index (χ0v) is 16.2. The van der Waals surface area contributed by atoms with Crippen molar-refractivity contribution in [2.75, 3.05) is 0 Å². The SMILES string of the molecule is C=C(C)[C@@H](N[S@+]([O-])C(C)(C)C)C1(NC(=O)OCc2ccccc2)CC1. The predicted molar refractivity (Wildman–Crippen MR) is 101 cm³/mol. The van der Waals surface area contributed by atoms with E-state index >= 15 is 0 Å². The third-order valence-corrected chi connectivity index (χ3v) is 5.74. The van der Waals surface area contributed by atoms with Crippen LogP contribution in [-0.2, 0) is 22.7 Å². The molecule has 0 spiro atoms. The van der Waals surface area contributed by atoms with E-state index < -0.39 is 27.7 Å². The molecule has 0 aromatic heterocycles. The van der Waals surface area contributed by atoms with E-state index in [-0.39, 0.29) is 12.6 Å². The lowest BCUT2D eigenvalue weighted by molar-refractivity contribution is 0.132. The lowest BCUT2D eigenvalue weighted by atomic mass is 10.0. The third kappa shape index (κ3) is 5.49. The molecule has 2 atom stereocenters. The number of ether oxygens (including phenoxy) is 1. The van der Waals surface area contributed by atoms with Gasteiger partial charge >= 0.3 is 6.09 Å². The minimum Gasteiger partial charge on any atom is -0.598 e. The van der Waals surface area contributed by atoms with Crippen LogP contribution in [0.5, 0.6) is 0 Å². The fourth-order valence-corrected chi connectivity index (χ4v) is 3.55. The minimum absolute atomic E-state index is 0.224. The van der Waals surface area contributed by atoms with E-state index in [4.69, 9.17) is 4.74 Å². The first-order valence-electron chi connectivity index (χ1n) is 8.46. The fraction of sp³-hybridized carbons (Fsp3) is 0.526. The van der Waals surface area contributed by atoms with Gasteiger partial charge in [0.1, 0.15) is 11.4 Å². The maximum absolute atomic E-state index is 12.5. The van der Waals surface area contributed by atoms with Gasteiger partial charge in [-0.25, -0.2) is 4.79 Å². The second-order valence-electron chi connectivity index (χ2n) is 7.62. The summed E-state index contributed by atoms with van der Waals surface area (Å²) in [6.45, 7) is 11.8. The Morgan fingerprint density at radius 2 is 1.96 bits per heavy atom. The van der Waals surface area contributed by atoms with Crippen LogP contribution in [0.1, 0.15) is 46.1 Å². The summed E-state index contributed by atoms with van der Waals surface area (Å²) < 4.78 is 20.5. The molecule has 1 aliphatic rings. The Kier molecular flexibility index (Phi) is 6.19. The van der Waals surface area contributed by atoms with Crippen molar-refractivity contribution in [3.05, 3.63) is 48.0 Å². The first-order chi connectivity index (χ1) is 11.6. The number of hydrogen-bond acceptors (Lipinski definition) is 4. The van der Waals surface area contributed by atoms with Crippen LogP contribution in [0.2, 0.25) is 0 Å². The van der Waals surface area contributed by atoms with Crippen molar-refractivity contribution in [2.24, 2.45) is 0 Å². The van der Waals surface area contributed by atoms with Gasteiger partial charge in [0, 0.05) is 11.4 Å². The number of benzene rings is 1. The van der Waals surface area contributed by atoms with Crippen molar-refractivity contribution in [1.82, 2.24) is 10.0 Å². The highest BCUT2D eigenvalue weighted by atomic mass is 32.2. The molecule has 1 aliphatic carbocycles. The number of alkyl carbamates (subject to hydrolysis) is 1. The largest absolute Gasteiger partial charge is 0.598 e. The maximum atomic E-state index is 12.5. The molecule has 25 heavy (non-hydrogen) atoms. The van der Waals surface area contributed by atoms with Gasteiger partial charge in [0.2, 0.25) is 0 Å². The number of amides is 1. The molecular formula is C19H28N2O3S. The molecule has 0 aliphatic heterocycles.